The highest BCUT2D eigenvalue weighted by atomic mass is 32.2. The molecule has 0 unspecified atom stereocenters. The van der Waals surface area contributed by atoms with Crippen molar-refractivity contribution in [2.45, 2.75) is 24.2 Å². The van der Waals surface area contributed by atoms with Gasteiger partial charge in [0.1, 0.15) is 11.5 Å². The molecule has 4 nitrogen and oxygen atoms in total. The Labute approximate surface area is 141 Å². The molecule has 0 spiro atoms. The Morgan fingerprint density at radius 3 is 2.46 bits per heavy atom. The van der Waals surface area contributed by atoms with E-state index in [1.807, 2.05) is 37.4 Å². The molecule has 3 aromatic rings. The molecule has 1 aromatic heterocycles. The number of Topliss-reactive ketones (excluding diaryl/α,β-unsaturated/α-hetero) is 1. The minimum atomic E-state index is -3.57. The maximum absolute atomic E-state index is 12.3. The highest BCUT2D eigenvalue weighted by Crippen LogP contribution is 2.28. The van der Waals surface area contributed by atoms with Crippen LogP contribution in [0.1, 0.15) is 24.8 Å². The van der Waals surface area contributed by atoms with E-state index in [1.165, 1.54) is 12.1 Å². The smallest absolute Gasteiger partial charge is 0.185 e. The highest BCUT2D eigenvalue weighted by molar-refractivity contribution is 7.92. The lowest BCUT2D eigenvalue weighted by atomic mass is 9.96. The Bertz CT molecular complexity index is 958. The Morgan fingerprint density at radius 1 is 1.04 bits per heavy atom. The van der Waals surface area contributed by atoms with Gasteiger partial charge >= 0.3 is 0 Å². The average molecular weight is 341 g/mol. The van der Waals surface area contributed by atoms with E-state index in [0.717, 1.165) is 16.5 Å². The predicted octanol–water partition coefficient (Wildman–Crippen LogP) is 3.70. The number of para-hydroxylation sites is 1. The van der Waals surface area contributed by atoms with Crippen LogP contribution in [-0.2, 0) is 14.6 Å². The van der Waals surface area contributed by atoms with Crippen LogP contribution in [0.25, 0.3) is 10.9 Å². The first-order chi connectivity index (χ1) is 11.5. The first kappa shape index (κ1) is 16.5. The number of ketones is 1. The summed E-state index contributed by atoms with van der Waals surface area (Å²) >= 11 is 0. The van der Waals surface area contributed by atoms with E-state index < -0.39 is 15.6 Å². The van der Waals surface area contributed by atoms with Gasteiger partial charge in [-0.25, -0.2) is 8.42 Å². The number of carbonyl (C=O) groups excluding carboxylic acids is 1. The van der Waals surface area contributed by atoms with Gasteiger partial charge in [0.25, 0.3) is 0 Å². The average Bonchev–Trinajstić information content (AvgIpc) is 2.99. The fraction of sp³-hybridized carbons (Fsp3) is 0.211. The molecule has 124 valence electrons. The molecule has 2 aromatic carbocycles. The Hall–Kier alpha value is -2.40. The summed E-state index contributed by atoms with van der Waals surface area (Å²) in [4.78, 5) is 15.7. The molecule has 1 heterocycles. The fourth-order valence-electron chi connectivity index (χ4n) is 2.94. The van der Waals surface area contributed by atoms with Gasteiger partial charge in [0.05, 0.1) is 4.90 Å². The van der Waals surface area contributed by atoms with Crippen LogP contribution in [0.3, 0.4) is 0 Å². The lowest BCUT2D eigenvalue weighted by Crippen LogP contribution is -2.17. The third-order valence-electron chi connectivity index (χ3n) is 4.14. The number of fused-ring (bicyclic) bond motifs is 1. The number of nitrogens with one attached hydrogen (secondary N) is 1. The fourth-order valence-corrected chi connectivity index (χ4v) is 4.22. The molecular weight excluding hydrogens is 322 g/mol. The van der Waals surface area contributed by atoms with E-state index >= 15 is 0 Å². The molecule has 5 heteroatoms. The zero-order chi connectivity index (χ0) is 17.2. The molecule has 0 saturated carbocycles. The monoisotopic (exact) mass is 341 g/mol. The Balaban J connectivity index is 1.73. The van der Waals surface area contributed by atoms with Gasteiger partial charge in [-0.15, -0.1) is 0 Å². The van der Waals surface area contributed by atoms with Gasteiger partial charge < -0.3 is 4.98 Å². The number of benzene rings is 2. The van der Waals surface area contributed by atoms with Crippen molar-refractivity contribution >= 4 is 26.5 Å². The van der Waals surface area contributed by atoms with Gasteiger partial charge in [0.15, 0.2) is 9.84 Å². The van der Waals surface area contributed by atoms with Crippen LogP contribution in [0.15, 0.2) is 65.7 Å². The van der Waals surface area contributed by atoms with E-state index in [4.69, 9.17) is 0 Å². The SMILES string of the molecule is C[C@@H](CC(=O)CS(=O)(=O)c1ccccc1)c1c[nH]c2ccccc12. The van der Waals surface area contributed by atoms with Crippen LogP contribution in [0.2, 0.25) is 0 Å². The number of carbonyl (C=O) groups is 1. The molecule has 0 amide bonds. The third kappa shape index (κ3) is 3.41. The highest BCUT2D eigenvalue weighted by Gasteiger charge is 2.22. The maximum atomic E-state index is 12.3. The van der Waals surface area contributed by atoms with Crippen molar-refractivity contribution in [1.82, 2.24) is 4.98 Å². The van der Waals surface area contributed by atoms with Crippen LogP contribution < -0.4 is 0 Å². The number of sulfone groups is 1. The number of aromatic amines is 1. The van der Waals surface area contributed by atoms with E-state index in [-0.39, 0.29) is 23.0 Å². The maximum Gasteiger partial charge on any atom is 0.185 e. The molecule has 0 saturated heterocycles. The number of hydrogen-bond donors (Lipinski definition) is 1. The van der Waals surface area contributed by atoms with E-state index in [9.17, 15) is 13.2 Å². The minimum Gasteiger partial charge on any atom is -0.361 e. The van der Waals surface area contributed by atoms with Crippen LogP contribution in [0.4, 0.5) is 0 Å². The molecular formula is C19H19NO3S. The van der Waals surface area contributed by atoms with Crippen molar-refractivity contribution < 1.29 is 13.2 Å². The van der Waals surface area contributed by atoms with Crippen molar-refractivity contribution in [3.05, 3.63) is 66.4 Å². The molecule has 3 rings (SSSR count). The normalized spacial score (nSPS) is 13.0. The summed E-state index contributed by atoms with van der Waals surface area (Å²) in [6.45, 7) is 1.95. The number of H-pyrrole nitrogens is 1. The van der Waals surface area contributed by atoms with Gasteiger partial charge in [-0.2, -0.15) is 0 Å². The van der Waals surface area contributed by atoms with Crippen molar-refractivity contribution in [2.24, 2.45) is 0 Å². The minimum absolute atomic E-state index is 0.0420. The van der Waals surface area contributed by atoms with Crippen molar-refractivity contribution in [2.75, 3.05) is 5.75 Å². The van der Waals surface area contributed by atoms with Gasteiger partial charge in [0.2, 0.25) is 0 Å². The third-order valence-corrected chi connectivity index (χ3v) is 5.83. The summed E-state index contributed by atoms with van der Waals surface area (Å²) < 4.78 is 24.6. The molecule has 0 bridgehead atoms. The van der Waals surface area contributed by atoms with Crippen molar-refractivity contribution in [3.8, 4) is 0 Å². The van der Waals surface area contributed by atoms with Gasteiger partial charge in [0, 0.05) is 23.5 Å². The van der Waals surface area contributed by atoms with Gasteiger partial charge in [-0.3, -0.25) is 4.79 Å². The molecule has 0 aliphatic carbocycles. The quantitative estimate of drug-likeness (QED) is 0.743. The Morgan fingerprint density at radius 2 is 1.71 bits per heavy atom. The van der Waals surface area contributed by atoms with Gasteiger partial charge in [-0.1, -0.05) is 43.3 Å². The molecule has 0 aliphatic heterocycles. The molecule has 1 N–H and O–H groups in total. The summed E-state index contributed by atoms with van der Waals surface area (Å²) in [6, 6.07) is 16.0. The summed E-state index contributed by atoms with van der Waals surface area (Å²) in [5, 5.41) is 1.07. The van der Waals surface area contributed by atoms with Crippen molar-refractivity contribution in [3.63, 3.8) is 0 Å². The number of rotatable bonds is 6. The molecule has 24 heavy (non-hydrogen) atoms. The van der Waals surface area contributed by atoms with Crippen molar-refractivity contribution in [1.29, 1.82) is 0 Å². The Kier molecular flexibility index (Phi) is 4.53. The topological polar surface area (TPSA) is 67.0 Å². The standard InChI is InChI=1S/C19H19NO3S/c1-14(18-12-20-19-10-6-5-9-17(18)19)11-15(21)13-24(22,23)16-7-3-2-4-8-16/h2-10,12,14,20H,11,13H2,1H3/t14-/m0/s1. The second-order valence-electron chi connectivity index (χ2n) is 6.01. The lowest BCUT2D eigenvalue weighted by molar-refractivity contribution is -0.116. The van der Waals surface area contributed by atoms with Crippen LogP contribution in [-0.4, -0.2) is 24.9 Å². The molecule has 1 atom stereocenters. The zero-order valence-corrected chi connectivity index (χ0v) is 14.2. The number of aromatic nitrogens is 1. The van der Waals surface area contributed by atoms with E-state index in [2.05, 4.69) is 4.98 Å². The molecule has 0 radical (unpaired) electrons. The summed E-state index contributed by atoms with van der Waals surface area (Å²) in [5.41, 5.74) is 2.06. The second-order valence-corrected chi connectivity index (χ2v) is 8.00. The first-order valence-electron chi connectivity index (χ1n) is 7.83. The molecule has 0 aliphatic rings. The largest absolute Gasteiger partial charge is 0.361 e. The molecule has 0 fully saturated rings. The summed E-state index contributed by atoms with van der Waals surface area (Å²) in [5.74, 6) is -0.764. The van der Waals surface area contributed by atoms with E-state index in [0.29, 0.717) is 0 Å². The number of hydrogen-bond acceptors (Lipinski definition) is 3. The lowest BCUT2D eigenvalue weighted by Gasteiger charge is -2.10. The van der Waals surface area contributed by atoms with Crippen LogP contribution >= 0.6 is 0 Å². The van der Waals surface area contributed by atoms with Crippen LogP contribution in [0.5, 0.6) is 0 Å². The van der Waals surface area contributed by atoms with E-state index in [1.54, 1.807) is 18.2 Å². The predicted molar refractivity (Wildman–Crippen MR) is 94.8 cm³/mol. The van der Waals surface area contributed by atoms with Crippen LogP contribution in [0, 0.1) is 0 Å². The van der Waals surface area contributed by atoms with Gasteiger partial charge in [-0.05, 0) is 29.7 Å². The zero-order valence-electron chi connectivity index (χ0n) is 13.4. The first-order valence-corrected chi connectivity index (χ1v) is 9.48. The summed E-state index contributed by atoms with van der Waals surface area (Å²) in [7, 11) is -3.57. The summed E-state index contributed by atoms with van der Waals surface area (Å²) in [6.07, 6.45) is 2.10. The second kappa shape index (κ2) is 6.61.